The molecule has 0 saturated heterocycles. The van der Waals surface area contributed by atoms with Crippen molar-refractivity contribution in [2.45, 2.75) is 38.4 Å². The molecule has 17 heavy (non-hydrogen) atoms. The zero-order valence-corrected chi connectivity index (χ0v) is 12.3. The third kappa shape index (κ3) is 3.56. The second-order valence-corrected chi connectivity index (χ2v) is 5.96. The number of aryl methyl sites for hydroxylation is 1. The molecule has 0 radical (unpaired) electrons. The molecule has 0 aliphatic rings. The van der Waals surface area contributed by atoms with Gasteiger partial charge in [-0.15, -0.1) is 0 Å². The number of anilines is 2. The fourth-order valence-corrected chi connectivity index (χ4v) is 2.06. The van der Waals surface area contributed by atoms with Gasteiger partial charge in [0.2, 0.25) is 0 Å². The smallest absolute Gasteiger partial charge is 0.147 e. The molecule has 1 heterocycles. The Labute approximate surface area is 108 Å². The van der Waals surface area contributed by atoms with Crippen LogP contribution in [0.3, 0.4) is 0 Å². The summed E-state index contributed by atoms with van der Waals surface area (Å²) in [6.45, 7) is 7.39. The van der Waals surface area contributed by atoms with Crippen molar-refractivity contribution < 1.29 is 0 Å². The maximum atomic E-state index is 6.10. The highest BCUT2D eigenvalue weighted by Gasteiger charge is 2.15. The number of hydrogen-bond donors (Lipinski definition) is 2. The zero-order chi connectivity index (χ0) is 13.0. The Bertz CT molecular complexity index is 360. The van der Waals surface area contributed by atoms with Crippen LogP contribution in [-0.2, 0) is 7.05 Å². The van der Waals surface area contributed by atoms with E-state index in [1.807, 2.05) is 23.5 Å². The van der Waals surface area contributed by atoms with E-state index in [1.165, 1.54) is 0 Å². The Morgan fingerprint density at radius 2 is 2.06 bits per heavy atom. The van der Waals surface area contributed by atoms with E-state index in [2.05, 4.69) is 37.4 Å². The SMILES string of the molecule is CSC(C)CCNc1c(N)c(C(C)C)nn1C. The van der Waals surface area contributed by atoms with Crippen LogP contribution >= 0.6 is 11.8 Å². The minimum absolute atomic E-state index is 0.363. The Morgan fingerprint density at radius 3 is 2.53 bits per heavy atom. The van der Waals surface area contributed by atoms with Gasteiger partial charge in [-0.1, -0.05) is 20.8 Å². The van der Waals surface area contributed by atoms with E-state index in [-0.39, 0.29) is 0 Å². The molecule has 0 amide bonds. The second kappa shape index (κ2) is 6.19. The molecule has 0 fully saturated rings. The minimum Gasteiger partial charge on any atom is -0.394 e. The molecule has 4 nitrogen and oxygen atoms in total. The van der Waals surface area contributed by atoms with Gasteiger partial charge in [-0.2, -0.15) is 16.9 Å². The highest BCUT2D eigenvalue weighted by atomic mass is 32.2. The van der Waals surface area contributed by atoms with Crippen LogP contribution in [0, 0.1) is 0 Å². The fraction of sp³-hybridized carbons (Fsp3) is 0.750. The zero-order valence-electron chi connectivity index (χ0n) is 11.4. The maximum Gasteiger partial charge on any atom is 0.147 e. The van der Waals surface area contributed by atoms with Gasteiger partial charge in [0.15, 0.2) is 0 Å². The average Bonchev–Trinajstić information content (AvgIpc) is 2.56. The number of nitrogens with two attached hydrogens (primary N) is 1. The summed E-state index contributed by atoms with van der Waals surface area (Å²) in [5, 5.41) is 8.50. The van der Waals surface area contributed by atoms with Gasteiger partial charge in [0.25, 0.3) is 0 Å². The molecule has 0 saturated carbocycles. The average molecular weight is 256 g/mol. The Hall–Kier alpha value is -0.840. The van der Waals surface area contributed by atoms with E-state index in [0.717, 1.165) is 30.2 Å². The second-order valence-electron chi connectivity index (χ2n) is 4.69. The summed E-state index contributed by atoms with van der Waals surface area (Å²) in [6, 6.07) is 0. The highest BCUT2D eigenvalue weighted by molar-refractivity contribution is 7.99. The van der Waals surface area contributed by atoms with E-state index in [9.17, 15) is 0 Å². The van der Waals surface area contributed by atoms with Crippen LogP contribution in [0.1, 0.15) is 38.8 Å². The van der Waals surface area contributed by atoms with Crippen LogP contribution in [-0.4, -0.2) is 27.8 Å². The molecule has 0 spiro atoms. The lowest BCUT2D eigenvalue weighted by molar-refractivity contribution is 0.712. The van der Waals surface area contributed by atoms with Gasteiger partial charge in [-0.3, -0.25) is 4.68 Å². The first-order valence-electron chi connectivity index (χ1n) is 6.06. The number of nitrogen functional groups attached to an aromatic ring is 1. The van der Waals surface area contributed by atoms with Crippen molar-refractivity contribution in [3.63, 3.8) is 0 Å². The van der Waals surface area contributed by atoms with Crippen molar-refractivity contribution in [2.75, 3.05) is 23.9 Å². The monoisotopic (exact) mass is 256 g/mol. The molecule has 98 valence electrons. The van der Waals surface area contributed by atoms with Crippen molar-refractivity contribution in [3.05, 3.63) is 5.69 Å². The van der Waals surface area contributed by atoms with Crippen molar-refractivity contribution in [1.82, 2.24) is 9.78 Å². The number of thioether (sulfide) groups is 1. The van der Waals surface area contributed by atoms with Crippen LogP contribution in [0.5, 0.6) is 0 Å². The fourth-order valence-electron chi connectivity index (χ4n) is 1.71. The molecular weight excluding hydrogens is 232 g/mol. The number of nitrogens with one attached hydrogen (secondary N) is 1. The minimum atomic E-state index is 0.363. The maximum absolute atomic E-state index is 6.10. The first-order chi connectivity index (χ1) is 7.97. The summed E-state index contributed by atoms with van der Waals surface area (Å²) >= 11 is 1.88. The number of aromatic nitrogens is 2. The third-order valence-electron chi connectivity index (χ3n) is 2.90. The van der Waals surface area contributed by atoms with Crippen molar-refractivity contribution in [3.8, 4) is 0 Å². The quantitative estimate of drug-likeness (QED) is 0.821. The molecule has 3 N–H and O–H groups in total. The van der Waals surface area contributed by atoms with Gasteiger partial charge in [-0.25, -0.2) is 0 Å². The van der Waals surface area contributed by atoms with Gasteiger partial charge in [0.1, 0.15) is 5.82 Å². The Morgan fingerprint density at radius 1 is 1.41 bits per heavy atom. The van der Waals surface area contributed by atoms with Gasteiger partial charge >= 0.3 is 0 Å². The van der Waals surface area contributed by atoms with Crippen LogP contribution in [0.4, 0.5) is 11.5 Å². The van der Waals surface area contributed by atoms with Crippen molar-refractivity contribution in [1.29, 1.82) is 0 Å². The molecule has 1 rings (SSSR count). The van der Waals surface area contributed by atoms with Gasteiger partial charge in [-0.05, 0) is 18.6 Å². The molecule has 1 aromatic heterocycles. The molecule has 5 heteroatoms. The summed E-state index contributed by atoms with van der Waals surface area (Å²) < 4.78 is 1.84. The molecule has 0 aromatic carbocycles. The largest absolute Gasteiger partial charge is 0.394 e. The predicted molar refractivity (Wildman–Crippen MR) is 77.8 cm³/mol. The molecule has 0 aliphatic heterocycles. The topological polar surface area (TPSA) is 55.9 Å². The molecule has 1 aromatic rings. The summed E-state index contributed by atoms with van der Waals surface area (Å²) in [6.07, 6.45) is 3.27. The number of rotatable bonds is 6. The van der Waals surface area contributed by atoms with Crippen molar-refractivity contribution >= 4 is 23.3 Å². The standard InChI is InChI=1S/C12H24N4S/c1-8(2)11-10(13)12(16(4)15-11)14-7-6-9(3)17-5/h8-9,14H,6-7,13H2,1-5H3. The van der Waals surface area contributed by atoms with E-state index in [4.69, 9.17) is 5.73 Å². The van der Waals surface area contributed by atoms with E-state index >= 15 is 0 Å². The van der Waals surface area contributed by atoms with Crippen LogP contribution in [0.15, 0.2) is 0 Å². The van der Waals surface area contributed by atoms with Gasteiger partial charge in [0, 0.05) is 18.8 Å². The normalized spacial score (nSPS) is 13.1. The Kier molecular flexibility index (Phi) is 5.18. The van der Waals surface area contributed by atoms with E-state index in [0.29, 0.717) is 11.2 Å². The Balaban J connectivity index is 2.65. The predicted octanol–water partition coefficient (Wildman–Crippen LogP) is 2.68. The summed E-state index contributed by atoms with van der Waals surface area (Å²) in [5.41, 5.74) is 7.87. The lowest BCUT2D eigenvalue weighted by Crippen LogP contribution is -2.11. The van der Waals surface area contributed by atoms with E-state index in [1.54, 1.807) is 0 Å². The molecule has 0 aliphatic carbocycles. The summed E-state index contributed by atoms with van der Waals surface area (Å²) in [4.78, 5) is 0. The van der Waals surface area contributed by atoms with Crippen LogP contribution in [0.2, 0.25) is 0 Å². The lowest BCUT2D eigenvalue weighted by atomic mass is 10.1. The number of nitrogens with zero attached hydrogens (tertiary/aromatic N) is 2. The first kappa shape index (κ1) is 14.2. The highest BCUT2D eigenvalue weighted by Crippen LogP contribution is 2.27. The van der Waals surface area contributed by atoms with Crippen LogP contribution in [0.25, 0.3) is 0 Å². The lowest BCUT2D eigenvalue weighted by Gasteiger charge is -2.11. The molecule has 1 unspecified atom stereocenters. The van der Waals surface area contributed by atoms with Gasteiger partial charge < -0.3 is 11.1 Å². The van der Waals surface area contributed by atoms with Gasteiger partial charge in [0.05, 0.1) is 11.4 Å². The summed E-state index contributed by atoms with van der Waals surface area (Å²) in [5.74, 6) is 1.31. The van der Waals surface area contributed by atoms with Crippen molar-refractivity contribution in [2.24, 2.45) is 7.05 Å². The number of hydrogen-bond acceptors (Lipinski definition) is 4. The summed E-state index contributed by atoms with van der Waals surface area (Å²) in [7, 11) is 1.93. The molecule has 0 bridgehead atoms. The molecule has 1 atom stereocenters. The first-order valence-corrected chi connectivity index (χ1v) is 7.35. The van der Waals surface area contributed by atoms with E-state index < -0.39 is 0 Å². The third-order valence-corrected chi connectivity index (χ3v) is 3.95. The van der Waals surface area contributed by atoms with Crippen LogP contribution < -0.4 is 11.1 Å². The molecular formula is C12H24N4S.